The normalized spacial score (nSPS) is 16.5. The van der Waals surface area contributed by atoms with Gasteiger partial charge in [0.1, 0.15) is 18.7 Å². The number of carbonyl (C=O) groups is 3. The Morgan fingerprint density at radius 1 is 0.970 bits per heavy atom. The third kappa shape index (κ3) is 5.13. The van der Waals surface area contributed by atoms with Gasteiger partial charge in [0.05, 0.1) is 6.42 Å². The van der Waals surface area contributed by atoms with Crippen LogP contribution in [0.3, 0.4) is 0 Å². The van der Waals surface area contributed by atoms with Crippen molar-refractivity contribution in [3.63, 3.8) is 0 Å². The Morgan fingerprint density at radius 2 is 1.55 bits per heavy atom. The minimum Gasteiger partial charge on any atom is -0.481 e. The van der Waals surface area contributed by atoms with Crippen molar-refractivity contribution in [2.45, 2.75) is 43.7 Å². The SMILES string of the molecule is O=C(O)CC(NC(=O)C(NC(=O)OCC1c2ccccc2-c2ccccc21)C1CC1)C(F)F. The smallest absolute Gasteiger partial charge is 0.407 e. The van der Waals surface area contributed by atoms with Gasteiger partial charge in [-0.25, -0.2) is 13.6 Å². The van der Waals surface area contributed by atoms with Crippen LogP contribution in [0.4, 0.5) is 13.6 Å². The van der Waals surface area contributed by atoms with Crippen molar-refractivity contribution >= 4 is 18.0 Å². The van der Waals surface area contributed by atoms with Gasteiger partial charge in [-0.1, -0.05) is 48.5 Å². The monoisotopic (exact) mass is 458 g/mol. The number of hydrogen-bond donors (Lipinski definition) is 3. The molecule has 0 heterocycles. The number of aliphatic carboxylic acids is 1. The summed E-state index contributed by atoms with van der Waals surface area (Å²) in [6.07, 6.45) is -3.47. The fraction of sp³-hybridized carbons (Fsp3) is 0.375. The number of alkyl carbamates (subject to hydrolysis) is 1. The van der Waals surface area contributed by atoms with E-state index in [0.717, 1.165) is 22.3 Å². The third-order valence-electron chi connectivity index (χ3n) is 6.02. The van der Waals surface area contributed by atoms with Gasteiger partial charge in [0.2, 0.25) is 5.91 Å². The molecule has 1 saturated carbocycles. The zero-order chi connectivity index (χ0) is 23.5. The Hall–Kier alpha value is -3.49. The van der Waals surface area contributed by atoms with E-state index >= 15 is 0 Å². The van der Waals surface area contributed by atoms with Crippen molar-refractivity contribution in [2.75, 3.05) is 6.61 Å². The Labute approximate surface area is 189 Å². The molecular formula is C24H24F2N2O5. The summed E-state index contributed by atoms with van der Waals surface area (Å²) >= 11 is 0. The number of rotatable bonds is 9. The van der Waals surface area contributed by atoms with Crippen LogP contribution in [0.5, 0.6) is 0 Å². The Balaban J connectivity index is 1.39. The first kappa shape index (κ1) is 22.7. The van der Waals surface area contributed by atoms with Crippen LogP contribution in [0, 0.1) is 5.92 Å². The van der Waals surface area contributed by atoms with Crippen LogP contribution in [-0.4, -0.2) is 48.2 Å². The summed E-state index contributed by atoms with van der Waals surface area (Å²) in [5, 5.41) is 13.3. The summed E-state index contributed by atoms with van der Waals surface area (Å²) in [5.74, 6) is -2.64. The second-order valence-corrected chi connectivity index (χ2v) is 8.33. The maximum atomic E-state index is 13.1. The Kier molecular flexibility index (Phi) is 6.57. The lowest BCUT2D eigenvalue weighted by molar-refractivity contribution is -0.139. The van der Waals surface area contributed by atoms with E-state index in [-0.39, 0.29) is 18.4 Å². The number of fused-ring (bicyclic) bond motifs is 3. The highest BCUT2D eigenvalue weighted by Gasteiger charge is 2.40. The molecule has 0 saturated heterocycles. The number of benzene rings is 2. The van der Waals surface area contributed by atoms with Gasteiger partial charge in [0, 0.05) is 5.92 Å². The van der Waals surface area contributed by atoms with Crippen LogP contribution >= 0.6 is 0 Å². The first-order chi connectivity index (χ1) is 15.8. The minimum absolute atomic E-state index is 0.0531. The highest BCUT2D eigenvalue weighted by molar-refractivity contribution is 5.87. The fourth-order valence-electron chi connectivity index (χ4n) is 4.26. The van der Waals surface area contributed by atoms with E-state index in [1.807, 2.05) is 48.5 Å². The van der Waals surface area contributed by atoms with Gasteiger partial charge in [-0.2, -0.15) is 0 Å². The summed E-state index contributed by atoms with van der Waals surface area (Å²) in [5.41, 5.74) is 4.23. The van der Waals surface area contributed by atoms with E-state index in [9.17, 15) is 23.2 Å². The summed E-state index contributed by atoms with van der Waals surface area (Å²) in [6.45, 7) is 0.0531. The first-order valence-electron chi connectivity index (χ1n) is 10.8. The number of alkyl halides is 2. The molecule has 0 aliphatic heterocycles. The van der Waals surface area contributed by atoms with Crippen LogP contribution in [0.15, 0.2) is 48.5 Å². The molecule has 4 rings (SSSR count). The number of carboxylic acids is 1. The molecule has 3 N–H and O–H groups in total. The van der Waals surface area contributed by atoms with Crippen LogP contribution in [0.25, 0.3) is 11.1 Å². The van der Waals surface area contributed by atoms with Crippen LogP contribution in [-0.2, 0) is 14.3 Å². The Bertz CT molecular complexity index is 1010. The third-order valence-corrected chi connectivity index (χ3v) is 6.02. The average molecular weight is 458 g/mol. The van der Waals surface area contributed by atoms with Crippen LogP contribution in [0.2, 0.25) is 0 Å². The fourth-order valence-corrected chi connectivity index (χ4v) is 4.26. The molecule has 9 heteroatoms. The van der Waals surface area contributed by atoms with Crippen molar-refractivity contribution in [1.82, 2.24) is 10.6 Å². The van der Waals surface area contributed by atoms with Crippen LogP contribution < -0.4 is 10.6 Å². The number of carbonyl (C=O) groups excluding carboxylic acids is 2. The molecule has 0 bridgehead atoms. The van der Waals surface area contributed by atoms with E-state index in [0.29, 0.717) is 12.8 Å². The molecule has 1 fully saturated rings. The highest BCUT2D eigenvalue weighted by Crippen LogP contribution is 2.44. The standard InChI is InChI=1S/C24H24F2N2O5/c25-22(26)19(11-20(29)30)27-23(31)21(13-9-10-13)28-24(32)33-12-18-16-7-3-1-5-14(16)15-6-2-4-8-17(15)18/h1-8,13,18-19,21-22H,9-12H2,(H,27,31)(H,28,32)(H,29,30). The van der Waals surface area contributed by atoms with Crippen molar-refractivity contribution in [3.05, 3.63) is 59.7 Å². The molecule has 174 valence electrons. The number of ether oxygens (including phenoxy) is 1. The molecule has 0 aromatic heterocycles. The molecule has 2 aromatic rings. The summed E-state index contributed by atoms with van der Waals surface area (Å²) in [6, 6.07) is 12.8. The van der Waals surface area contributed by atoms with Gasteiger partial charge >= 0.3 is 12.1 Å². The van der Waals surface area contributed by atoms with Crippen molar-refractivity contribution in [1.29, 1.82) is 0 Å². The van der Waals surface area contributed by atoms with Gasteiger partial charge in [-0.3, -0.25) is 9.59 Å². The predicted molar refractivity (Wildman–Crippen MR) is 115 cm³/mol. The zero-order valence-corrected chi connectivity index (χ0v) is 17.7. The van der Waals surface area contributed by atoms with Gasteiger partial charge < -0.3 is 20.5 Å². The predicted octanol–water partition coefficient (Wildman–Crippen LogP) is 3.53. The van der Waals surface area contributed by atoms with Crippen molar-refractivity contribution < 1.29 is 33.0 Å². The maximum absolute atomic E-state index is 13.1. The molecule has 0 radical (unpaired) electrons. The van der Waals surface area contributed by atoms with E-state index in [2.05, 4.69) is 10.6 Å². The second kappa shape index (κ2) is 9.56. The molecule has 2 atom stereocenters. The maximum Gasteiger partial charge on any atom is 0.407 e. The average Bonchev–Trinajstić information content (AvgIpc) is 3.57. The molecular weight excluding hydrogens is 434 g/mol. The van der Waals surface area contributed by atoms with Gasteiger partial charge in [0.25, 0.3) is 6.43 Å². The lowest BCUT2D eigenvalue weighted by atomic mass is 9.98. The molecule has 0 spiro atoms. The first-order valence-corrected chi connectivity index (χ1v) is 10.8. The van der Waals surface area contributed by atoms with Crippen LogP contribution in [0.1, 0.15) is 36.3 Å². The van der Waals surface area contributed by atoms with E-state index < -0.39 is 42.9 Å². The largest absolute Gasteiger partial charge is 0.481 e. The summed E-state index contributed by atoms with van der Waals surface area (Å²) in [4.78, 5) is 35.9. The quantitative estimate of drug-likeness (QED) is 0.533. The second-order valence-electron chi connectivity index (χ2n) is 8.33. The highest BCUT2D eigenvalue weighted by atomic mass is 19.3. The van der Waals surface area contributed by atoms with Crippen molar-refractivity contribution in [3.8, 4) is 11.1 Å². The number of hydrogen-bond acceptors (Lipinski definition) is 4. The lowest BCUT2D eigenvalue weighted by Gasteiger charge is -2.22. The van der Waals surface area contributed by atoms with E-state index in [1.54, 1.807) is 0 Å². The van der Waals surface area contributed by atoms with E-state index in [1.165, 1.54) is 0 Å². The number of nitrogens with one attached hydrogen (secondary N) is 2. The molecule has 2 unspecified atom stereocenters. The number of halogens is 2. The van der Waals surface area contributed by atoms with E-state index in [4.69, 9.17) is 9.84 Å². The molecule has 7 nitrogen and oxygen atoms in total. The van der Waals surface area contributed by atoms with Gasteiger partial charge in [-0.15, -0.1) is 0 Å². The topological polar surface area (TPSA) is 105 Å². The summed E-state index contributed by atoms with van der Waals surface area (Å²) < 4.78 is 31.7. The molecule has 2 amide bonds. The molecule has 2 aromatic carbocycles. The molecule has 2 aliphatic rings. The van der Waals surface area contributed by atoms with Crippen molar-refractivity contribution in [2.24, 2.45) is 5.92 Å². The van der Waals surface area contributed by atoms with Gasteiger partial charge in [0.15, 0.2) is 0 Å². The lowest BCUT2D eigenvalue weighted by Crippen LogP contribution is -2.53. The molecule has 33 heavy (non-hydrogen) atoms. The van der Waals surface area contributed by atoms with Gasteiger partial charge in [-0.05, 0) is 41.0 Å². The number of carboxylic acid groups (broad SMARTS) is 1. The zero-order valence-electron chi connectivity index (χ0n) is 17.7. The summed E-state index contributed by atoms with van der Waals surface area (Å²) in [7, 11) is 0. The number of amides is 2. The minimum atomic E-state index is -3.04. The molecule has 2 aliphatic carbocycles. The Morgan fingerprint density at radius 3 is 2.06 bits per heavy atom.